The smallest absolute Gasteiger partial charge is 0.244 e. The van der Waals surface area contributed by atoms with Crippen LogP contribution in [0, 0.1) is 5.92 Å². The third-order valence-electron chi connectivity index (χ3n) is 4.68. The molecule has 3 heterocycles. The third-order valence-corrected chi connectivity index (χ3v) is 4.68. The van der Waals surface area contributed by atoms with Gasteiger partial charge >= 0.3 is 0 Å². The number of aromatic nitrogens is 3. The van der Waals surface area contributed by atoms with Gasteiger partial charge in [0, 0.05) is 26.1 Å². The molecule has 0 aromatic carbocycles. The van der Waals surface area contributed by atoms with Crippen LogP contribution in [0.3, 0.4) is 0 Å². The Bertz CT molecular complexity index is 424. The molecule has 1 aromatic heterocycles. The summed E-state index contributed by atoms with van der Waals surface area (Å²) in [5.74, 6) is 2.65. The summed E-state index contributed by atoms with van der Waals surface area (Å²) in [6, 6.07) is 0. The van der Waals surface area contributed by atoms with E-state index in [-0.39, 0.29) is 0 Å². The van der Waals surface area contributed by atoms with Gasteiger partial charge in [-0.1, -0.05) is 0 Å². The fourth-order valence-corrected chi connectivity index (χ4v) is 3.51. The number of nitrogens with one attached hydrogen (secondary N) is 2. The molecule has 2 aliphatic heterocycles. The lowest BCUT2D eigenvalue weighted by Crippen LogP contribution is -2.39. The van der Waals surface area contributed by atoms with Crippen molar-refractivity contribution in [3.05, 3.63) is 5.82 Å². The summed E-state index contributed by atoms with van der Waals surface area (Å²) in [5, 5.41) is 10.8. The van der Waals surface area contributed by atoms with Crippen molar-refractivity contribution >= 4 is 5.95 Å². The summed E-state index contributed by atoms with van der Waals surface area (Å²) in [4.78, 5) is 9.56. The molecule has 2 N–H and O–H groups in total. The summed E-state index contributed by atoms with van der Waals surface area (Å²) >= 11 is 0. The predicted octanol–water partition coefficient (Wildman–Crippen LogP) is 0.879. The number of rotatable bonds is 6. The number of anilines is 1. The Balaban J connectivity index is 1.51. The van der Waals surface area contributed by atoms with Crippen LogP contribution in [-0.2, 0) is 6.42 Å². The van der Waals surface area contributed by atoms with Gasteiger partial charge < -0.3 is 15.1 Å². The molecule has 0 spiro atoms. The highest BCUT2D eigenvalue weighted by Gasteiger charge is 2.22. The molecule has 0 aliphatic carbocycles. The molecule has 2 aliphatic rings. The van der Waals surface area contributed by atoms with E-state index in [2.05, 4.69) is 25.3 Å². The van der Waals surface area contributed by atoms with Crippen LogP contribution < -0.4 is 10.2 Å². The number of likely N-dealkylation sites (tertiary alicyclic amines) is 1. The maximum Gasteiger partial charge on any atom is 0.244 e. The zero-order valence-corrected chi connectivity index (χ0v) is 13.1. The van der Waals surface area contributed by atoms with Gasteiger partial charge in [-0.3, -0.25) is 5.10 Å². The van der Waals surface area contributed by atoms with E-state index >= 15 is 0 Å². The molecule has 21 heavy (non-hydrogen) atoms. The molecule has 6 heteroatoms. The Morgan fingerprint density at radius 1 is 1.24 bits per heavy atom. The Hall–Kier alpha value is -1.14. The van der Waals surface area contributed by atoms with Crippen molar-refractivity contribution in [1.29, 1.82) is 0 Å². The molecule has 2 fully saturated rings. The number of piperidine rings is 1. The van der Waals surface area contributed by atoms with E-state index in [0.29, 0.717) is 0 Å². The summed E-state index contributed by atoms with van der Waals surface area (Å²) < 4.78 is 0. The zero-order valence-electron chi connectivity index (χ0n) is 13.1. The lowest BCUT2D eigenvalue weighted by Gasteiger charge is -2.31. The van der Waals surface area contributed by atoms with Crippen molar-refractivity contribution in [2.24, 2.45) is 5.92 Å². The Morgan fingerprint density at radius 3 is 2.90 bits per heavy atom. The molecule has 0 radical (unpaired) electrons. The molecule has 2 saturated heterocycles. The van der Waals surface area contributed by atoms with E-state index in [0.717, 1.165) is 50.3 Å². The van der Waals surface area contributed by atoms with Crippen molar-refractivity contribution in [1.82, 2.24) is 25.4 Å². The van der Waals surface area contributed by atoms with Crippen molar-refractivity contribution in [3.63, 3.8) is 0 Å². The average Bonchev–Trinajstić information content (AvgIpc) is 3.17. The maximum atomic E-state index is 4.70. The van der Waals surface area contributed by atoms with E-state index in [1.165, 1.54) is 38.8 Å². The van der Waals surface area contributed by atoms with Gasteiger partial charge in [0.15, 0.2) is 0 Å². The van der Waals surface area contributed by atoms with Crippen molar-refractivity contribution in [2.75, 3.05) is 51.2 Å². The molecule has 0 amide bonds. The number of nitrogens with zero attached hydrogens (tertiary/aromatic N) is 4. The largest absolute Gasteiger partial charge is 0.339 e. The fraction of sp³-hybridized carbons (Fsp3) is 0.867. The second kappa shape index (κ2) is 7.22. The van der Waals surface area contributed by atoms with Gasteiger partial charge in [0.05, 0.1) is 0 Å². The Morgan fingerprint density at radius 2 is 2.10 bits per heavy atom. The first-order valence-corrected chi connectivity index (χ1v) is 8.38. The first kappa shape index (κ1) is 14.8. The summed E-state index contributed by atoms with van der Waals surface area (Å²) in [6.07, 6.45) is 6.24. The highest BCUT2D eigenvalue weighted by molar-refractivity contribution is 5.29. The van der Waals surface area contributed by atoms with Crippen LogP contribution in [0.2, 0.25) is 0 Å². The predicted molar refractivity (Wildman–Crippen MR) is 84.6 cm³/mol. The van der Waals surface area contributed by atoms with Crippen LogP contribution >= 0.6 is 0 Å². The first-order chi connectivity index (χ1) is 10.3. The van der Waals surface area contributed by atoms with Gasteiger partial charge in [-0.05, 0) is 58.3 Å². The molecular weight excluding hydrogens is 264 g/mol. The zero-order chi connectivity index (χ0) is 14.5. The van der Waals surface area contributed by atoms with Crippen LogP contribution in [0.5, 0.6) is 0 Å². The van der Waals surface area contributed by atoms with Crippen LogP contribution in [0.25, 0.3) is 0 Å². The van der Waals surface area contributed by atoms with Gasteiger partial charge in [0.1, 0.15) is 5.82 Å². The topological polar surface area (TPSA) is 60.1 Å². The lowest BCUT2D eigenvalue weighted by atomic mass is 9.98. The summed E-state index contributed by atoms with van der Waals surface area (Å²) in [5.41, 5.74) is 0. The summed E-state index contributed by atoms with van der Waals surface area (Å²) in [7, 11) is 2.03. The Labute approximate surface area is 127 Å². The van der Waals surface area contributed by atoms with Crippen molar-refractivity contribution < 1.29 is 0 Å². The minimum Gasteiger partial charge on any atom is -0.339 e. The van der Waals surface area contributed by atoms with Gasteiger partial charge in [-0.25, -0.2) is 0 Å². The van der Waals surface area contributed by atoms with E-state index in [1.54, 1.807) is 0 Å². The molecular formula is C15H28N6. The monoisotopic (exact) mass is 292 g/mol. The highest BCUT2D eigenvalue weighted by atomic mass is 15.4. The number of H-pyrrole nitrogens is 1. The molecule has 1 atom stereocenters. The van der Waals surface area contributed by atoms with E-state index in [1.807, 2.05) is 7.05 Å². The van der Waals surface area contributed by atoms with Crippen LogP contribution in [0.15, 0.2) is 0 Å². The fourth-order valence-electron chi connectivity index (χ4n) is 3.51. The van der Waals surface area contributed by atoms with Gasteiger partial charge in [0.2, 0.25) is 5.95 Å². The number of hydrogen-bond donors (Lipinski definition) is 2. The Kier molecular flexibility index (Phi) is 5.08. The summed E-state index contributed by atoms with van der Waals surface area (Å²) in [6.45, 7) is 6.85. The molecule has 0 bridgehead atoms. The first-order valence-electron chi connectivity index (χ1n) is 8.38. The average molecular weight is 292 g/mol. The normalized spacial score (nSPS) is 23.9. The second-order valence-electron chi connectivity index (χ2n) is 6.39. The van der Waals surface area contributed by atoms with Crippen molar-refractivity contribution in [2.45, 2.75) is 32.1 Å². The van der Waals surface area contributed by atoms with Gasteiger partial charge in [-0.15, -0.1) is 5.10 Å². The van der Waals surface area contributed by atoms with Gasteiger partial charge in [-0.2, -0.15) is 4.98 Å². The minimum atomic E-state index is 0.718. The SMILES string of the molecule is CNCC1CCCN(c2n[nH]c(CCN3CCCC3)n2)C1. The quantitative estimate of drug-likeness (QED) is 0.815. The standard InChI is InChI=1S/C15H28N6/c1-16-11-13-5-4-9-21(12-13)15-17-14(18-19-15)6-10-20-7-2-3-8-20/h13,16H,2-12H2,1H3,(H,17,18,19). The second-order valence-corrected chi connectivity index (χ2v) is 6.39. The molecule has 1 unspecified atom stereocenters. The molecule has 3 rings (SSSR count). The molecule has 0 saturated carbocycles. The van der Waals surface area contributed by atoms with Crippen LogP contribution in [0.1, 0.15) is 31.5 Å². The minimum absolute atomic E-state index is 0.718. The van der Waals surface area contributed by atoms with Crippen LogP contribution in [-0.4, -0.2) is 66.4 Å². The van der Waals surface area contributed by atoms with Crippen molar-refractivity contribution in [3.8, 4) is 0 Å². The van der Waals surface area contributed by atoms with E-state index < -0.39 is 0 Å². The molecule has 118 valence electrons. The highest BCUT2D eigenvalue weighted by Crippen LogP contribution is 2.20. The lowest BCUT2D eigenvalue weighted by molar-refractivity contribution is 0.341. The maximum absolute atomic E-state index is 4.70. The number of hydrogen-bond acceptors (Lipinski definition) is 5. The molecule has 6 nitrogen and oxygen atoms in total. The molecule has 1 aromatic rings. The number of aromatic amines is 1. The van der Waals surface area contributed by atoms with Crippen LogP contribution in [0.4, 0.5) is 5.95 Å². The van der Waals surface area contributed by atoms with Gasteiger partial charge in [0.25, 0.3) is 0 Å². The van der Waals surface area contributed by atoms with E-state index in [9.17, 15) is 0 Å². The third kappa shape index (κ3) is 3.95. The van der Waals surface area contributed by atoms with E-state index in [4.69, 9.17) is 4.98 Å².